The van der Waals surface area contributed by atoms with Crippen LogP contribution in [0.3, 0.4) is 0 Å². The zero-order chi connectivity index (χ0) is 15.4. The van der Waals surface area contributed by atoms with Gasteiger partial charge in [-0.15, -0.1) is 0 Å². The lowest BCUT2D eigenvalue weighted by Crippen LogP contribution is -2.26. The Labute approximate surface area is 134 Å². The third-order valence-corrected chi connectivity index (χ3v) is 4.11. The molecule has 0 aliphatic carbocycles. The first kappa shape index (κ1) is 15.9. The van der Waals surface area contributed by atoms with Crippen LogP contribution in [0.2, 0.25) is 5.02 Å². The van der Waals surface area contributed by atoms with Gasteiger partial charge in [0, 0.05) is 17.1 Å². The number of hydrogen-bond donors (Lipinski definition) is 1. The molecule has 110 valence electrons. The van der Waals surface area contributed by atoms with Gasteiger partial charge in [-0.1, -0.05) is 17.7 Å². The average Bonchev–Trinajstić information content (AvgIpc) is 2.40. The third kappa shape index (κ3) is 4.25. The van der Waals surface area contributed by atoms with Crippen molar-refractivity contribution in [2.45, 2.75) is 6.42 Å². The molecule has 0 aliphatic rings. The lowest BCUT2D eigenvalue weighted by molar-refractivity contribution is 0.0954. The lowest BCUT2D eigenvalue weighted by Gasteiger charge is -2.08. The van der Waals surface area contributed by atoms with Gasteiger partial charge in [-0.3, -0.25) is 4.79 Å². The molecule has 0 spiro atoms. The van der Waals surface area contributed by atoms with Crippen LogP contribution >= 0.6 is 27.5 Å². The van der Waals surface area contributed by atoms with Crippen molar-refractivity contribution >= 4 is 33.4 Å². The van der Waals surface area contributed by atoms with Gasteiger partial charge >= 0.3 is 0 Å². The molecule has 6 heteroatoms. The molecule has 0 atom stereocenters. The molecule has 0 aromatic heterocycles. The second kappa shape index (κ2) is 7.00. The number of rotatable bonds is 4. The van der Waals surface area contributed by atoms with Crippen molar-refractivity contribution in [1.29, 1.82) is 0 Å². The van der Waals surface area contributed by atoms with Crippen LogP contribution in [0, 0.1) is 11.6 Å². The highest BCUT2D eigenvalue weighted by Crippen LogP contribution is 2.25. The van der Waals surface area contributed by atoms with Crippen molar-refractivity contribution in [3.8, 4) is 0 Å². The molecule has 0 unspecified atom stereocenters. The molecule has 0 bridgehead atoms. The fraction of sp³-hybridized carbons (Fsp3) is 0.133. The maximum absolute atomic E-state index is 13.0. The normalized spacial score (nSPS) is 10.5. The predicted molar refractivity (Wildman–Crippen MR) is 81.5 cm³/mol. The smallest absolute Gasteiger partial charge is 0.252 e. The van der Waals surface area contributed by atoms with E-state index in [4.69, 9.17) is 11.6 Å². The summed E-state index contributed by atoms with van der Waals surface area (Å²) in [5.41, 5.74) is 0.824. The number of nitrogens with one attached hydrogen (secondary N) is 1. The van der Waals surface area contributed by atoms with Crippen LogP contribution in [0.15, 0.2) is 40.9 Å². The fourth-order valence-electron chi connectivity index (χ4n) is 1.85. The summed E-state index contributed by atoms with van der Waals surface area (Å²) >= 11 is 9.26. The highest BCUT2D eigenvalue weighted by Gasteiger charge is 2.11. The summed E-state index contributed by atoms with van der Waals surface area (Å²) in [6.45, 7) is 0.255. The number of benzene rings is 2. The van der Waals surface area contributed by atoms with Crippen molar-refractivity contribution in [1.82, 2.24) is 5.32 Å². The van der Waals surface area contributed by atoms with E-state index in [9.17, 15) is 13.6 Å². The van der Waals surface area contributed by atoms with Gasteiger partial charge in [0.05, 0.1) is 10.6 Å². The van der Waals surface area contributed by atoms with Crippen molar-refractivity contribution in [2.24, 2.45) is 0 Å². The van der Waals surface area contributed by atoms with Crippen LogP contribution in [-0.4, -0.2) is 12.5 Å². The molecule has 0 aliphatic heterocycles. The Balaban J connectivity index is 1.97. The zero-order valence-corrected chi connectivity index (χ0v) is 13.1. The van der Waals surface area contributed by atoms with Crippen molar-refractivity contribution in [3.63, 3.8) is 0 Å². The molecule has 1 N–H and O–H groups in total. The maximum Gasteiger partial charge on any atom is 0.252 e. The van der Waals surface area contributed by atoms with Crippen molar-refractivity contribution in [2.75, 3.05) is 6.54 Å². The Morgan fingerprint density at radius 1 is 1.19 bits per heavy atom. The topological polar surface area (TPSA) is 29.1 Å². The van der Waals surface area contributed by atoms with Crippen LogP contribution in [0.4, 0.5) is 8.78 Å². The quantitative estimate of drug-likeness (QED) is 0.847. The fourth-order valence-corrected chi connectivity index (χ4v) is 2.43. The Bertz CT molecular complexity index is 658. The molecule has 2 aromatic carbocycles. The minimum absolute atomic E-state index is 0.255. The summed E-state index contributed by atoms with van der Waals surface area (Å²) in [6, 6.07) is 8.32. The minimum Gasteiger partial charge on any atom is -0.352 e. The molecule has 2 aromatic rings. The first-order chi connectivity index (χ1) is 9.97. The molecule has 0 heterocycles. The van der Waals surface area contributed by atoms with Gasteiger partial charge in [-0.05, 0) is 52.2 Å². The molecule has 21 heavy (non-hydrogen) atoms. The van der Waals surface area contributed by atoms with Crippen LogP contribution in [0.1, 0.15) is 15.9 Å². The number of carbonyl (C=O) groups excluding carboxylic acids is 1. The molecular formula is C15H11BrClF2NO. The van der Waals surface area contributed by atoms with Crippen LogP contribution in [-0.2, 0) is 6.42 Å². The summed E-state index contributed by atoms with van der Waals surface area (Å²) < 4.78 is 26.7. The second-order valence-electron chi connectivity index (χ2n) is 4.38. The Kier molecular flexibility index (Phi) is 5.31. The van der Waals surface area contributed by atoms with Gasteiger partial charge in [-0.2, -0.15) is 0 Å². The molecule has 2 nitrogen and oxygen atoms in total. The number of carbonyl (C=O) groups is 1. The number of hydrogen-bond acceptors (Lipinski definition) is 1. The SMILES string of the molecule is O=C(NCCc1cc(F)cc(F)c1)c1cccc(Br)c1Cl. The summed E-state index contributed by atoms with van der Waals surface area (Å²) in [7, 11) is 0. The largest absolute Gasteiger partial charge is 0.352 e. The summed E-state index contributed by atoms with van der Waals surface area (Å²) in [4.78, 5) is 12.0. The first-order valence-electron chi connectivity index (χ1n) is 6.14. The van der Waals surface area contributed by atoms with E-state index < -0.39 is 11.6 Å². The Hall–Kier alpha value is -1.46. The standard InChI is InChI=1S/C15H11BrClF2NO/c16-13-3-1-2-12(14(13)17)15(21)20-5-4-9-6-10(18)8-11(19)7-9/h1-3,6-8H,4-5H2,(H,20,21). The summed E-state index contributed by atoms with van der Waals surface area (Å²) in [5, 5.41) is 2.99. The molecular weight excluding hydrogens is 364 g/mol. The van der Waals surface area contributed by atoms with Gasteiger partial charge in [0.25, 0.3) is 5.91 Å². The zero-order valence-electron chi connectivity index (χ0n) is 10.8. The van der Waals surface area contributed by atoms with Gasteiger partial charge in [-0.25, -0.2) is 8.78 Å². The van der Waals surface area contributed by atoms with Crippen molar-refractivity contribution in [3.05, 3.63) is 68.7 Å². The highest BCUT2D eigenvalue weighted by molar-refractivity contribution is 9.10. The molecule has 0 saturated heterocycles. The van der Waals surface area contributed by atoms with E-state index in [1.54, 1.807) is 18.2 Å². The van der Waals surface area contributed by atoms with E-state index in [0.29, 0.717) is 27.0 Å². The van der Waals surface area contributed by atoms with E-state index in [2.05, 4.69) is 21.2 Å². The third-order valence-electron chi connectivity index (χ3n) is 2.82. The maximum atomic E-state index is 13.0. The molecule has 2 rings (SSSR count). The number of halogens is 4. The van der Waals surface area contributed by atoms with Crippen LogP contribution < -0.4 is 5.32 Å². The van der Waals surface area contributed by atoms with E-state index >= 15 is 0 Å². The van der Waals surface area contributed by atoms with E-state index in [1.807, 2.05) is 0 Å². The van der Waals surface area contributed by atoms with Crippen LogP contribution in [0.25, 0.3) is 0 Å². The van der Waals surface area contributed by atoms with E-state index in [-0.39, 0.29) is 12.5 Å². The Morgan fingerprint density at radius 3 is 2.52 bits per heavy atom. The van der Waals surface area contributed by atoms with Gasteiger partial charge in [0.1, 0.15) is 11.6 Å². The van der Waals surface area contributed by atoms with Gasteiger partial charge < -0.3 is 5.32 Å². The number of amides is 1. The lowest BCUT2D eigenvalue weighted by atomic mass is 10.1. The van der Waals surface area contributed by atoms with Gasteiger partial charge in [0.2, 0.25) is 0 Å². The Morgan fingerprint density at radius 2 is 1.86 bits per heavy atom. The minimum atomic E-state index is -0.633. The molecule has 0 fully saturated rings. The molecule has 0 saturated carbocycles. The molecule has 0 radical (unpaired) electrons. The average molecular weight is 375 g/mol. The summed E-state index contributed by atoms with van der Waals surface area (Å²) in [6.07, 6.45) is 0.325. The monoisotopic (exact) mass is 373 g/mol. The van der Waals surface area contributed by atoms with Crippen LogP contribution in [0.5, 0.6) is 0 Å². The predicted octanol–water partition coefficient (Wildman–Crippen LogP) is 4.35. The van der Waals surface area contributed by atoms with E-state index in [0.717, 1.165) is 6.07 Å². The van der Waals surface area contributed by atoms with E-state index in [1.165, 1.54) is 12.1 Å². The second-order valence-corrected chi connectivity index (χ2v) is 5.62. The first-order valence-corrected chi connectivity index (χ1v) is 7.31. The van der Waals surface area contributed by atoms with Crippen molar-refractivity contribution < 1.29 is 13.6 Å². The molecule has 1 amide bonds. The van der Waals surface area contributed by atoms with Gasteiger partial charge in [0.15, 0.2) is 0 Å². The highest BCUT2D eigenvalue weighted by atomic mass is 79.9. The summed E-state index contributed by atoms with van der Waals surface area (Å²) in [5.74, 6) is -1.60.